The third-order valence-electron chi connectivity index (χ3n) is 2.49. The van der Waals surface area contributed by atoms with Crippen LogP contribution in [0, 0.1) is 5.92 Å². The Morgan fingerprint density at radius 3 is 2.94 bits per heavy atom. The van der Waals surface area contributed by atoms with E-state index in [1.165, 1.54) is 24.6 Å². The second kappa shape index (κ2) is 4.73. The molecule has 1 aromatic heterocycles. The maximum Gasteiger partial charge on any atom is 0.230 e. The lowest BCUT2D eigenvalue weighted by molar-refractivity contribution is -0.118. The first kappa shape index (κ1) is 11.3. The van der Waals surface area contributed by atoms with Crippen LogP contribution in [0.5, 0.6) is 0 Å². The van der Waals surface area contributed by atoms with Crippen LogP contribution in [-0.4, -0.2) is 33.0 Å². The van der Waals surface area contributed by atoms with Gasteiger partial charge in [-0.2, -0.15) is 0 Å². The number of nitrogen functional groups attached to an aromatic ring is 1. The van der Waals surface area contributed by atoms with E-state index in [1.54, 1.807) is 11.6 Å². The summed E-state index contributed by atoms with van der Waals surface area (Å²) in [5.74, 6) is 1.47. The van der Waals surface area contributed by atoms with Crippen LogP contribution in [0.1, 0.15) is 12.8 Å². The molecule has 7 heteroatoms. The average molecular weight is 241 g/mol. The highest BCUT2D eigenvalue weighted by atomic mass is 32.2. The maximum atomic E-state index is 11.4. The molecule has 0 radical (unpaired) electrons. The SMILES string of the molecule is Cn1c(N)nnc1SCC(=O)NCC1CC1. The van der Waals surface area contributed by atoms with Crippen LogP contribution in [-0.2, 0) is 11.8 Å². The molecular formula is C9H15N5OS. The molecule has 1 heterocycles. The van der Waals surface area contributed by atoms with Gasteiger partial charge >= 0.3 is 0 Å². The zero-order chi connectivity index (χ0) is 11.5. The minimum Gasteiger partial charge on any atom is -0.368 e. The van der Waals surface area contributed by atoms with E-state index in [1.807, 2.05) is 0 Å². The van der Waals surface area contributed by atoms with Gasteiger partial charge in [-0.05, 0) is 18.8 Å². The van der Waals surface area contributed by atoms with Crippen LogP contribution in [0.25, 0.3) is 0 Å². The monoisotopic (exact) mass is 241 g/mol. The van der Waals surface area contributed by atoms with Gasteiger partial charge in [-0.3, -0.25) is 9.36 Å². The Hall–Kier alpha value is -1.24. The van der Waals surface area contributed by atoms with Crippen molar-refractivity contribution in [3.63, 3.8) is 0 Å². The highest BCUT2D eigenvalue weighted by molar-refractivity contribution is 7.99. The van der Waals surface area contributed by atoms with E-state index >= 15 is 0 Å². The average Bonchev–Trinajstić information content (AvgIpc) is 3.04. The van der Waals surface area contributed by atoms with E-state index in [2.05, 4.69) is 15.5 Å². The predicted molar refractivity (Wildman–Crippen MR) is 61.9 cm³/mol. The van der Waals surface area contributed by atoms with E-state index in [-0.39, 0.29) is 5.91 Å². The van der Waals surface area contributed by atoms with E-state index in [4.69, 9.17) is 5.73 Å². The molecule has 1 saturated carbocycles. The summed E-state index contributed by atoms with van der Waals surface area (Å²) >= 11 is 1.35. The highest BCUT2D eigenvalue weighted by Crippen LogP contribution is 2.27. The standard InChI is InChI=1S/C9H15N5OS/c1-14-8(10)12-13-9(14)16-5-7(15)11-4-6-2-3-6/h6H,2-5H2,1H3,(H2,10,12)(H,11,15). The fraction of sp³-hybridized carbons (Fsp3) is 0.667. The summed E-state index contributed by atoms with van der Waals surface area (Å²) in [6, 6.07) is 0. The van der Waals surface area contributed by atoms with Crippen molar-refractivity contribution in [1.82, 2.24) is 20.1 Å². The van der Waals surface area contributed by atoms with Gasteiger partial charge in [0.1, 0.15) is 0 Å². The van der Waals surface area contributed by atoms with Crippen LogP contribution >= 0.6 is 11.8 Å². The molecular weight excluding hydrogens is 226 g/mol. The molecule has 6 nitrogen and oxygen atoms in total. The number of hydrogen-bond donors (Lipinski definition) is 2. The molecule has 0 aliphatic heterocycles. The van der Waals surface area contributed by atoms with Crippen molar-refractivity contribution in [1.29, 1.82) is 0 Å². The number of anilines is 1. The molecule has 16 heavy (non-hydrogen) atoms. The molecule has 1 aliphatic rings. The molecule has 1 aromatic rings. The molecule has 0 aromatic carbocycles. The first-order valence-electron chi connectivity index (χ1n) is 5.21. The van der Waals surface area contributed by atoms with Crippen molar-refractivity contribution in [2.45, 2.75) is 18.0 Å². The van der Waals surface area contributed by atoms with E-state index < -0.39 is 0 Å². The number of amides is 1. The van der Waals surface area contributed by atoms with Crippen molar-refractivity contribution in [3.05, 3.63) is 0 Å². The number of nitrogens with one attached hydrogen (secondary N) is 1. The molecule has 0 spiro atoms. The molecule has 3 N–H and O–H groups in total. The number of nitrogens with zero attached hydrogens (tertiary/aromatic N) is 3. The molecule has 1 amide bonds. The van der Waals surface area contributed by atoms with E-state index in [0.717, 1.165) is 6.54 Å². The highest BCUT2D eigenvalue weighted by Gasteiger charge is 2.21. The quantitative estimate of drug-likeness (QED) is 0.710. The molecule has 1 fully saturated rings. The molecule has 1 aliphatic carbocycles. The molecule has 88 valence electrons. The lowest BCUT2D eigenvalue weighted by atomic mass is 10.4. The van der Waals surface area contributed by atoms with E-state index in [9.17, 15) is 4.79 Å². The Morgan fingerprint density at radius 2 is 2.38 bits per heavy atom. The van der Waals surface area contributed by atoms with Gasteiger partial charge in [-0.25, -0.2) is 0 Å². The maximum absolute atomic E-state index is 11.4. The van der Waals surface area contributed by atoms with Gasteiger partial charge < -0.3 is 11.1 Å². The number of carbonyl (C=O) groups excluding carboxylic acids is 1. The van der Waals surface area contributed by atoms with Crippen LogP contribution in [0.2, 0.25) is 0 Å². The Balaban J connectivity index is 1.73. The molecule has 0 bridgehead atoms. The number of thioether (sulfide) groups is 1. The van der Waals surface area contributed by atoms with Gasteiger partial charge in [0.15, 0.2) is 5.16 Å². The first-order valence-corrected chi connectivity index (χ1v) is 6.19. The summed E-state index contributed by atoms with van der Waals surface area (Å²) in [7, 11) is 1.78. The Labute approximate surface area is 98.0 Å². The second-order valence-electron chi connectivity index (χ2n) is 3.94. The fourth-order valence-corrected chi connectivity index (χ4v) is 1.96. The molecule has 0 atom stereocenters. The molecule has 0 saturated heterocycles. The fourth-order valence-electron chi connectivity index (χ4n) is 1.21. The van der Waals surface area contributed by atoms with Crippen molar-refractivity contribution in [2.75, 3.05) is 18.0 Å². The van der Waals surface area contributed by atoms with Gasteiger partial charge in [0.05, 0.1) is 5.75 Å². The lowest BCUT2D eigenvalue weighted by Crippen LogP contribution is -2.27. The van der Waals surface area contributed by atoms with Gasteiger partial charge in [0.25, 0.3) is 0 Å². The van der Waals surface area contributed by atoms with Crippen molar-refractivity contribution in [3.8, 4) is 0 Å². The zero-order valence-corrected chi connectivity index (χ0v) is 9.96. The normalized spacial score (nSPS) is 15.1. The summed E-state index contributed by atoms with van der Waals surface area (Å²) in [5, 5.41) is 11.1. The van der Waals surface area contributed by atoms with Crippen LogP contribution in [0.15, 0.2) is 5.16 Å². The summed E-state index contributed by atoms with van der Waals surface area (Å²) in [5.41, 5.74) is 5.53. The topological polar surface area (TPSA) is 85.8 Å². The largest absolute Gasteiger partial charge is 0.368 e. The van der Waals surface area contributed by atoms with E-state index in [0.29, 0.717) is 22.8 Å². The molecule has 0 unspecified atom stereocenters. The van der Waals surface area contributed by atoms with Gasteiger partial charge in [0.2, 0.25) is 11.9 Å². The smallest absolute Gasteiger partial charge is 0.230 e. The number of carbonyl (C=O) groups is 1. The van der Waals surface area contributed by atoms with Crippen molar-refractivity contribution in [2.24, 2.45) is 13.0 Å². The summed E-state index contributed by atoms with van der Waals surface area (Å²) in [4.78, 5) is 11.4. The minimum absolute atomic E-state index is 0.0403. The Bertz CT molecular complexity index is 387. The molecule has 2 rings (SSSR count). The number of nitrogens with two attached hydrogens (primary N) is 1. The minimum atomic E-state index is 0.0403. The number of aromatic nitrogens is 3. The van der Waals surface area contributed by atoms with Crippen LogP contribution in [0.3, 0.4) is 0 Å². The predicted octanol–water partition coefficient (Wildman–Crippen LogP) is 0.0156. The third kappa shape index (κ3) is 2.88. The number of rotatable bonds is 5. The van der Waals surface area contributed by atoms with Crippen molar-refractivity contribution >= 4 is 23.6 Å². The Morgan fingerprint density at radius 1 is 1.62 bits per heavy atom. The van der Waals surface area contributed by atoms with Gasteiger partial charge in [0, 0.05) is 13.6 Å². The lowest BCUT2D eigenvalue weighted by Gasteiger charge is -2.03. The van der Waals surface area contributed by atoms with Gasteiger partial charge in [-0.15, -0.1) is 10.2 Å². The number of hydrogen-bond acceptors (Lipinski definition) is 5. The summed E-state index contributed by atoms with van der Waals surface area (Å²) < 4.78 is 1.67. The zero-order valence-electron chi connectivity index (χ0n) is 9.14. The Kier molecular flexibility index (Phi) is 3.33. The van der Waals surface area contributed by atoms with Gasteiger partial charge in [-0.1, -0.05) is 11.8 Å². The van der Waals surface area contributed by atoms with Crippen LogP contribution < -0.4 is 11.1 Å². The first-order chi connectivity index (χ1) is 7.66. The van der Waals surface area contributed by atoms with Crippen LogP contribution in [0.4, 0.5) is 5.95 Å². The second-order valence-corrected chi connectivity index (χ2v) is 4.88. The summed E-state index contributed by atoms with van der Waals surface area (Å²) in [6.07, 6.45) is 2.49. The third-order valence-corrected chi connectivity index (χ3v) is 3.51. The van der Waals surface area contributed by atoms with Crippen molar-refractivity contribution < 1.29 is 4.79 Å². The summed E-state index contributed by atoms with van der Waals surface area (Å²) in [6.45, 7) is 0.806.